The molecule has 6 nitrogen and oxygen atoms in total. The van der Waals surface area contributed by atoms with Gasteiger partial charge in [-0.2, -0.15) is 13.2 Å². The van der Waals surface area contributed by atoms with Crippen LogP contribution in [0.2, 0.25) is 0 Å². The van der Waals surface area contributed by atoms with Crippen LogP contribution >= 0.6 is 0 Å². The number of aliphatic imine (C=N–C) groups is 1. The van der Waals surface area contributed by atoms with Crippen LogP contribution in [0.3, 0.4) is 0 Å². The lowest BCUT2D eigenvalue weighted by atomic mass is 10.1. The minimum Gasteiger partial charge on any atom is -0.367 e. The zero-order valence-electron chi connectivity index (χ0n) is 16.9. The molecule has 0 saturated heterocycles. The van der Waals surface area contributed by atoms with E-state index in [1.165, 1.54) is 24.3 Å². The second kappa shape index (κ2) is 11.9. The SMILES string of the molecule is CCNC(=NCc1ccc(COCC(F)(F)F)cc1)NCC(=O)Nc1ccc(F)cc1. The first kappa shape index (κ1) is 24.1. The molecule has 0 unspecified atom stereocenters. The molecule has 0 bridgehead atoms. The molecule has 0 radical (unpaired) electrons. The van der Waals surface area contributed by atoms with E-state index in [1.807, 2.05) is 6.92 Å². The second-order valence-corrected chi connectivity index (χ2v) is 6.53. The summed E-state index contributed by atoms with van der Waals surface area (Å²) in [4.78, 5) is 16.4. The lowest BCUT2D eigenvalue weighted by molar-refractivity contribution is -0.176. The fourth-order valence-electron chi connectivity index (χ4n) is 2.44. The number of anilines is 1. The van der Waals surface area contributed by atoms with Crippen LogP contribution in [-0.4, -0.2) is 37.7 Å². The summed E-state index contributed by atoms with van der Waals surface area (Å²) in [6.07, 6.45) is -4.35. The van der Waals surface area contributed by atoms with Gasteiger partial charge in [-0.15, -0.1) is 0 Å². The maximum Gasteiger partial charge on any atom is 0.411 e. The molecular formula is C21H24F4N4O2. The first-order valence-corrected chi connectivity index (χ1v) is 9.55. The monoisotopic (exact) mass is 440 g/mol. The summed E-state index contributed by atoms with van der Waals surface area (Å²) in [5, 5.41) is 8.56. The molecule has 2 rings (SSSR count). The molecule has 3 N–H and O–H groups in total. The van der Waals surface area contributed by atoms with E-state index in [0.717, 1.165) is 5.56 Å². The third kappa shape index (κ3) is 9.94. The molecule has 0 aliphatic carbocycles. The number of guanidine groups is 1. The van der Waals surface area contributed by atoms with Gasteiger partial charge in [-0.25, -0.2) is 9.38 Å². The quantitative estimate of drug-likeness (QED) is 0.317. The summed E-state index contributed by atoms with van der Waals surface area (Å²) in [6, 6.07) is 12.3. The number of hydrogen-bond donors (Lipinski definition) is 3. The zero-order chi connectivity index (χ0) is 22.7. The zero-order valence-corrected chi connectivity index (χ0v) is 16.9. The van der Waals surface area contributed by atoms with E-state index in [9.17, 15) is 22.4 Å². The van der Waals surface area contributed by atoms with Crippen molar-refractivity contribution in [2.45, 2.75) is 26.3 Å². The molecule has 2 aromatic carbocycles. The van der Waals surface area contributed by atoms with Gasteiger partial charge in [0.1, 0.15) is 12.4 Å². The van der Waals surface area contributed by atoms with Crippen LogP contribution in [0, 0.1) is 5.82 Å². The summed E-state index contributed by atoms with van der Waals surface area (Å²) >= 11 is 0. The lowest BCUT2D eigenvalue weighted by Crippen LogP contribution is -2.41. The van der Waals surface area contributed by atoms with Gasteiger partial charge in [0.2, 0.25) is 5.91 Å². The number of carbonyl (C=O) groups is 1. The molecule has 0 aromatic heterocycles. The number of rotatable bonds is 9. The van der Waals surface area contributed by atoms with Crippen LogP contribution in [0.15, 0.2) is 53.5 Å². The van der Waals surface area contributed by atoms with Crippen molar-refractivity contribution in [2.24, 2.45) is 4.99 Å². The Morgan fingerprint density at radius 1 is 1.00 bits per heavy atom. The van der Waals surface area contributed by atoms with E-state index < -0.39 is 12.8 Å². The van der Waals surface area contributed by atoms with E-state index in [2.05, 4.69) is 25.7 Å². The number of hydrogen-bond acceptors (Lipinski definition) is 3. The predicted molar refractivity (Wildman–Crippen MR) is 110 cm³/mol. The standard InChI is InChI=1S/C21H24F4N4O2/c1-2-26-20(28-12-19(30)29-18-9-7-17(22)8-10-18)27-11-15-3-5-16(6-4-15)13-31-14-21(23,24)25/h3-10H,2,11-14H2,1H3,(H,29,30)(H2,26,27,28). The molecule has 0 heterocycles. The van der Waals surface area contributed by atoms with Crippen molar-refractivity contribution >= 4 is 17.6 Å². The van der Waals surface area contributed by atoms with Crippen molar-refractivity contribution in [1.82, 2.24) is 10.6 Å². The van der Waals surface area contributed by atoms with Gasteiger partial charge in [-0.3, -0.25) is 4.79 Å². The minimum atomic E-state index is -4.35. The van der Waals surface area contributed by atoms with Gasteiger partial charge in [-0.1, -0.05) is 24.3 Å². The van der Waals surface area contributed by atoms with Crippen molar-refractivity contribution in [3.05, 3.63) is 65.5 Å². The van der Waals surface area contributed by atoms with E-state index in [4.69, 9.17) is 0 Å². The Morgan fingerprint density at radius 3 is 2.26 bits per heavy atom. The molecule has 168 valence electrons. The molecule has 10 heteroatoms. The highest BCUT2D eigenvalue weighted by atomic mass is 19.4. The molecule has 2 aromatic rings. The smallest absolute Gasteiger partial charge is 0.367 e. The summed E-state index contributed by atoms with van der Waals surface area (Å²) in [7, 11) is 0. The van der Waals surface area contributed by atoms with Gasteiger partial charge in [-0.05, 0) is 42.3 Å². The number of amides is 1. The Kier molecular flexibility index (Phi) is 9.26. The molecule has 1 amide bonds. The van der Waals surface area contributed by atoms with E-state index >= 15 is 0 Å². The molecule has 0 aliphatic heterocycles. The molecular weight excluding hydrogens is 416 g/mol. The highest BCUT2D eigenvalue weighted by Crippen LogP contribution is 2.16. The van der Waals surface area contributed by atoms with Crippen LogP contribution in [0.4, 0.5) is 23.2 Å². The summed E-state index contributed by atoms with van der Waals surface area (Å²) < 4.78 is 53.9. The maximum absolute atomic E-state index is 12.9. The summed E-state index contributed by atoms with van der Waals surface area (Å²) in [5.41, 5.74) is 1.95. The third-order valence-electron chi connectivity index (χ3n) is 3.87. The Labute approximate surface area is 177 Å². The van der Waals surface area contributed by atoms with Gasteiger partial charge in [0.15, 0.2) is 5.96 Å². The number of carbonyl (C=O) groups excluding carboxylic acids is 1. The van der Waals surface area contributed by atoms with Crippen molar-refractivity contribution < 1.29 is 27.1 Å². The number of nitrogens with one attached hydrogen (secondary N) is 3. The van der Waals surface area contributed by atoms with Crippen molar-refractivity contribution in [2.75, 3.05) is 25.0 Å². The van der Waals surface area contributed by atoms with Gasteiger partial charge < -0.3 is 20.7 Å². The minimum absolute atomic E-state index is 0.0430. The Balaban J connectivity index is 1.83. The largest absolute Gasteiger partial charge is 0.411 e. The average Bonchev–Trinajstić information content (AvgIpc) is 2.72. The topological polar surface area (TPSA) is 74.8 Å². The summed E-state index contributed by atoms with van der Waals surface area (Å²) in [6.45, 7) is 1.31. The van der Waals surface area contributed by atoms with Crippen LogP contribution in [0.1, 0.15) is 18.1 Å². The van der Waals surface area contributed by atoms with Crippen molar-refractivity contribution in [3.8, 4) is 0 Å². The lowest BCUT2D eigenvalue weighted by Gasteiger charge is -2.12. The molecule has 0 saturated carbocycles. The fourth-order valence-corrected chi connectivity index (χ4v) is 2.44. The van der Waals surface area contributed by atoms with Crippen molar-refractivity contribution in [1.29, 1.82) is 0 Å². The second-order valence-electron chi connectivity index (χ2n) is 6.53. The van der Waals surface area contributed by atoms with Crippen LogP contribution in [0.25, 0.3) is 0 Å². The Hall–Kier alpha value is -3.14. The molecule has 0 aliphatic rings. The maximum atomic E-state index is 12.9. The van der Waals surface area contributed by atoms with Crippen LogP contribution in [-0.2, 0) is 22.7 Å². The summed E-state index contributed by atoms with van der Waals surface area (Å²) in [5.74, 6) is -0.283. The van der Waals surface area contributed by atoms with Crippen LogP contribution < -0.4 is 16.0 Å². The Bertz CT molecular complexity index is 853. The van der Waals surface area contributed by atoms with E-state index in [1.54, 1.807) is 24.3 Å². The predicted octanol–water partition coefficient (Wildman–Crippen LogP) is 3.60. The average molecular weight is 440 g/mol. The number of halogens is 4. The van der Waals surface area contributed by atoms with Gasteiger partial charge in [0.05, 0.1) is 19.7 Å². The highest BCUT2D eigenvalue weighted by molar-refractivity contribution is 5.94. The van der Waals surface area contributed by atoms with Crippen molar-refractivity contribution in [3.63, 3.8) is 0 Å². The van der Waals surface area contributed by atoms with E-state index in [-0.39, 0.29) is 24.9 Å². The van der Waals surface area contributed by atoms with Crippen LogP contribution in [0.5, 0.6) is 0 Å². The first-order valence-electron chi connectivity index (χ1n) is 9.55. The number of nitrogens with zero attached hydrogens (tertiary/aromatic N) is 1. The van der Waals surface area contributed by atoms with Gasteiger partial charge in [0.25, 0.3) is 0 Å². The highest BCUT2D eigenvalue weighted by Gasteiger charge is 2.27. The van der Waals surface area contributed by atoms with E-state index in [0.29, 0.717) is 30.3 Å². The number of ether oxygens (including phenoxy) is 1. The number of alkyl halides is 3. The molecule has 31 heavy (non-hydrogen) atoms. The first-order chi connectivity index (χ1) is 14.7. The van der Waals surface area contributed by atoms with Gasteiger partial charge in [0, 0.05) is 12.2 Å². The Morgan fingerprint density at radius 2 is 1.65 bits per heavy atom. The normalized spacial score (nSPS) is 11.8. The van der Waals surface area contributed by atoms with Gasteiger partial charge >= 0.3 is 6.18 Å². The number of benzene rings is 2. The molecule has 0 spiro atoms. The molecule has 0 fully saturated rings. The molecule has 0 atom stereocenters. The third-order valence-corrected chi connectivity index (χ3v) is 3.87. The fraction of sp³-hybridized carbons (Fsp3) is 0.333.